The molecule has 0 unspecified atom stereocenters. The van der Waals surface area contributed by atoms with E-state index < -0.39 is 6.04 Å². The van der Waals surface area contributed by atoms with E-state index in [9.17, 15) is 9.59 Å². The lowest BCUT2D eigenvalue weighted by Gasteiger charge is -2.32. The quantitative estimate of drug-likeness (QED) is 0.255. The van der Waals surface area contributed by atoms with Crippen LogP contribution < -0.4 is 14.8 Å². The molecular formula is C31H36Cl2N2O4. The summed E-state index contributed by atoms with van der Waals surface area (Å²) in [7, 11) is 3.16. The van der Waals surface area contributed by atoms with Crippen molar-refractivity contribution in [2.75, 3.05) is 14.2 Å². The molecule has 3 aromatic rings. The summed E-state index contributed by atoms with van der Waals surface area (Å²) in [5.74, 6) is 0.896. The molecule has 1 N–H and O–H groups in total. The molecular weight excluding hydrogens is 535 g/mol. The Labute approximate surface area is 241 Å². The Bertz CT molecular complexity index is 1250. The summed E-state index contributed by atoms with van der Waals surface area (Å²) in [4.78, 5) is 29.2. The van der Waals surface area contributed by atoms with Gasteiger partial charge in [0.15, 0.2) is 11.5 Å². The van der Waals surface area contributed by atoms with E-state index in [1.807, 2.05) is 68.4 Å². The van der Waals surface area contributed by atoms with E-state index in [2.05, 4.69) is 5.32 Å². The zero-order valence-electron chi connectivity index (χ0n) is 22.9. The van der Waals surface area contributed by atoms with Crippen molar-refractivity contribution in [1.29, 1.82) is 0 Å². The first-order valence-electron chi connectivity index (χ1n) is 13.0. The minimum absolute atomic E-state index is 0.0236. The van der Waals surface area contributed by atoms with Gasteiger partial charge in [-0.15, -0.1) is 0 Å². The molecule has 0 aliphatic rings. The number of nitrogens with zero attached hydrogens (tertiary/aromatic N) is 1. The largest absolute Gasteiger partial charge is 0.493 e. The van der Waals surface area contributed by atoms with Crippen LogP contribution in [0.15, 0.2) is 66.7 Å². The third-order valence-corrected chi connectivity index (χ3v) is 7.42. The molecule has 0 fully saturated rings. The normalized spacial score (nSPS) is 12.4. The Balaban J connectivity index is 1.93. The number of carbonyl (C=O) groups is 2. The van der Waals surface area contributed by atoms with Crippen LogP contribution in [-0.2, 0) is 29.0 Å². The minimum Gasteiger partial charge on any atom is -0.493 e. The average molecular weight is 572 g/mol. The predicted octanol–water partition coefficient (Wildman–Crippen LogP) is 6.50. The first-order valence-corrected chi connectivity index (χ1v) is 13.8. The number of carbonyl (C=O) groups excluding carboxylic acids is 2. The number of nitrogens with one attached hydrogen (secondary N) is 1. The van der Waals surface area contributed by atoms with E-state index in [0.717, 1.165) is 23.1 Å². The van der Waals surface area contributed by atoms with Gasteiger partial charge in [0.2, 0.25) is 11.8 Å². The Kier molecular flexibility index (Phi) is 11.5. The van der Waals surface area contributed by atoms with Gasteiger partial charge >= 0.3 is 0 Å². The summed E-state index contributed by atoms with van der Waals surface area (Å²) in [5, 5.41) is 3.91. The molecule has 0 saturated carbocycles. The highest BCUT2D eigenvalue weighted by Crippen LogP contribution is 2.29. The molecule has 8 heteroatoms. The molecule has 0 heterocycles. The van der Waals surface area contributed by atoms with Crippen molar-refractivity contribution in [2.24, 2.45) is 0 Å². The van der Waals surface area contributed by atoms with Crippen LogP contribution in [0.1, 0.15) is 43.4 Å². The van der Waals surface area contributed by atoms with Gasteiger partial charge in [0.25, 0.3) is 0 Å². The second kappa shape index (κ2) is 14.8. The number of halogens is 2. The van der Waals surface area contributed by atoms with Gasteiger partial charge in [-0.1, -0.05) is 72.6 Å². The predicted molar refractivity (Wildman–Crippen MR) is 157 cm³/mol. The fourth-order valence-corrected chi connectivity index (χ4v) is 4.58. The third kappa shape index (κ3) is 8.64. The van der Waals surface area contributed by atoms with Gasteiger partial charge < -0.3 is 19.7 Å². The number of benzene rings is 3. The number of amides is 2. The first-order chi connectivity index (χ1) is 18.7. The summed E-state index contributed by atoms with van der Waals surface area (Å²) in [6.07, 6.45) is 1.84. The smallest absolute Gasteiger partial charge is 0.243 e. The maximum absolute atomic E-state index is 13.9. The van der Waals surface area contributed by atoms with Crippen LogP contribution in [0.25, 0.3) is 0 Å². The van der Waals surface area contributed by atoms with Crippen molar-refractivity contribution in [3.05, 3.63) is 93.5 Å². The molecule has 0 aromatic heterocycles. The van der Waals surface area contributed by atoms with Gasteiger partial charge in [0, 0.05) is 25.4 Å². The van der Waals surface area contributed by atoms with E-state index in [4.69, 9.17) is 32.7 Å². The molecule has 0 bridgehead atoms. The van der Waals surface area contributed by atoms with Gasteiger partial charge in [0.1, 0.15) is 6.04 Å². The maximum atomic E-state index is 13.9. The molecule has 0 saturated heterocycles. The van der Waals surface area contributed by atoms with Crippen molar-refractivity contribution in [3.63, 3.8) is 0 Å². The maximum Gasteiger partial charge on any atom is 0.243 e. The highest BCUT2D eigenvalue weighted by atomic mass is 35.5. The SMILES string of the molecule is CC[C@@H](C)NC(=O)[C@H](Cc1ccccc1)N(Cc1ccc(Cl)c(Cl)c1)C(=O)CCc1ccc(OC)c(OC)c1. The van der Waals surface area contributed by atoms with E-state index in [0.29, 0.717) is 34.4 Å². The number of rotatable bonds is 13. The molecule has 2 amide bonds. The topological polar surface area (TPSA) is 67.9 Å². The Morgan fingerprint density at radius 2 is 1.56 bits per heavy atom. The third-order valence-electron chi connectivity index (χ3n) is 6.68. The summed E-state index contributed by atoms with van der Waals surface area (Å²) in [6, 6.07) is 19.9. The molecule has 0 radical (unpaired) electrons. The highest BCUT2D eigenvalue weighted by molar-refractivity contribution is 6.42. The van der Waals surface area contributed by atoms with Crippen LogP contribution in [0.2, 0.25) is 10.0 Å². The van der Waals surface area contributed by atoms with E-state index >= 15 is 0 Å². The second-order valence-corrected chi connectivity index (χ2v) is 10.3. The van der Waals surface area contributed by atoms with Crippen LogP contribution >= 0.6 is 23.2 Å². The fraction of sp³-hybridized carbons (Fsp3) is 0.355. The lowest BCUT2D eigenvalue weighted by atomic mass is 10.0. The fourth-order valence-electron chi connectivity index (χ4n) is 4.26. The Morgan fingerprint density at radius 3 is 2.21 bits per heavy atom. The molecule has 3 aromatic carbocycles. The first kappa shape index (κ1) is 30.3. The van der Waals surface area contributed by atoms with Crippen molar-refractivity contribution >= 4 is 35.0 Å². The van der Waals surface area contributed by atoms with E-state index in [1.165, 1.54) is 0 Å². The molecule has 6 nitrogen and oxygen atoms in total. The van der Waals surface area contributed by atoms with Crippen LogP contribution in [0, 0.1) is 0 Å². The van der Waals surface area contributed by atoms with Crippen LogP contribution in [0.3, 0.4) is 0 Å². The van der Waals surface area contributed by atoms with Crippen LogP contribution in [-0.4, -0.2) is 43.0 Å². The van der Waals surface area contributed by atoms with E-state index in [-0.39, 0.29) is 30.8 Å². The van der Waals surface area contributed by atoms with Gasteiger partial charge in [-0.05, 0) is 60.7 Å². The van der Waals surface area contributed by atoms with Crippen molar-refractivity contribution in [1.82, 2.24) is 10.2 Å². The average Bonchev–Trinajstić information content (AvgIpc) is 2.95. The number of methoxy groups -OCH3 is 2. The zero-order valence-corrected chi connectivity index (χ0v) is 24.4. The summed E-state index contributed by atoms with van der Waals surface area (Å²) in [6.45, 7) is 4.19. The second-order valence-electron chi connectivity index (χ2n) is 9.48. The molecule has 0 aliphatic carbocycles. The standard InChI is InChI=1S/C31H36Cl2N2O4/c1-5-21(2)34-31(37)27(18-22-9-7-6-8-10-22)35(20-24-11-14-25(32)26(33)17-24)30(36)16-13-23-12-15-28(38-3)29(19-23)39-4/h6-12,14-15,17,19,21,27H,5,13,16,18,20H2,1-4H3,(H,34,37)/t21-,27+/m1/s1. The van der Waals surface area contributed by atoms with Gasteiger partial charge in [-0.25, -0.2) is 0 Å². The summed E-state index contributed by atoms with van der Waals surface area (Å²) >= 11 is 12.4. The van der Waals surface area contributed by atoms with E-state index in [1.54, 1.807) is 31.3 Å². The Morgan fingerprint density at radius 1 is 0.872 bits per heavy atom. The van der Waals surface area contributed by atoms with Gasteiger partial charge in [0.05, 0.1) is 24.3 Å². The number of ether oxygens (including phenoxy) is 2. The lowest BCUT2D eigenvalue weighted by molar-refractivity contribution is -0.141. The van der Waals surface area contributed by atoms with Crippen LogP contribution in [0.4, 0.5) is 0 Å². The summed E-state index contributed by atoms with van der Waals surface area (Å²) in [5.41, 5.74) is 2.69. The van der Waals surface area contributed by atoms with Crippen LogP contribution in [0.5, 0.6) is 11.5 Å². The van der Waals surface area contributed by atoms with Gasteiger partial charge in [-0.2, -0.15) is 0 Å². The van der Waals surface area contributed by atoms with Crippen molar-refractivity contribution in [3.8, 4) is 11.5 Å². The number of hydrogen-bond acceptors (Lipinski definition) is 4. The lowest BCUT2D eigenvalue weighted by Crippen LogP contribution is -2.52. The van der Waals surface area contributed by atoms with Crippen molar-refractivity contribution < 1.29 is 19.1 Å². The molecule has 2 atom stereocenters. The highest BCUT2D eigenvalue weighted by Gasteiger charge is 2.31. The Hall–Kier alpha value is -3.22. The summed E-state index contributed by atoms with van der Waals surface area (Å²) < 4.78 is 10.7. The molecule has 3 rings (SSSR count). The molecule has 39 heavy (non-hydrogen) atoms. The van der Waals surface area contributed by atoms with Crippen molar-refractivity contribution in [2.45, 2.75) is 58.2 Å². The molecule has 208 valence electrons. The number of hydrogen-bond donors (Lipinski definition) is 1. The number of aryl methyl sites for hydroxylation is 1. The van der Waals surface area contributed by atoms with Gasteiger partial charge in [-0.3, -0.25) is 9.59 Å². The monoisotopic (exact) mass is 570 g/mol. The molecule has 0 aliphatic heterocycles. The zero-order chi connectivity index (χ0) is 28.4. The molecule has 0 spiro atoms. The minimum atomic E-state index is -0.714.